The molecule has 1 aliphatic carbocycles. The third-order valence-corrected chi connectivity index (χ3v) is 3.69. The first-order chi connectivity index (χ1) is 11.1. The van der Waals surface area contributed by atoms with Crippen LogP contribution >= 0.6 is 0 Å². The van der Waals surface area contributed by atoms with E-state index in [0.717, 1.165) is 32.1 Å². The average molecular weight is 329 g/mol. The highest BCUT2D eigenvalue weighted by atomic mass is 16.5. The Bertz CT molecular complexity index is 374. The number of ether oxygens (including phenoxy) is 3. The van der Waals surface area contributed by atoms with Gasteiger partial charge in [-0.2, -0.15) is 0 Å². The molecule has 1 unspecified atom stereocenters. The van der Waals surface area contributed by atoms with Gasteiger partial charge in [-0.3, -0.25) is 4.79 Å². The molecular formula is C16H31N3O4. The van der Waals surface area contributed by atoms with E-state index in [9.17, 15) is 4.79 Å². The number of hydrogen-bond acceptors (Lipinski definition) is 6. The van der Waals surface area contributed by atoms with Crippen LogP contribution in [0, 0.1) is 0 Å². The SMILES string of the molecule is CCOCCOCCNC(=O)COC1CCCCC/C(N)=C\1N. The predicted molar refractivity (Wildman–Crippen MR) is 88.5 cm³/mol. The molecular weight excluding hydrogens is 298 g/mol. The molecule has 0 aliphatic heterocycles. The van der Waals surface area contributed by atoms with Gasteiger partial charge in [-0.15, -0.1) is 0 Å². The Morgan fingerprint density at radius 3 is 2.74 bits per heavy atom. The van der Waals surface area contributed by atoms with E-state index in [-0.39, 0.29) is 18.6 Å². The van der Waals surface area contributed by atoms with E-state index in [2.05, 4.69) is 5.32 Å². The summed E-state index contributed by atoms with van der Waals surface area (Å²) in [6.45, 7) is 4.61. The number of nitrogens with one attached hydrogen (secondary N) is 1. The Hall–Kier alpha value is -1.31. The molecule has 0 aromatic rings. The summed E-state index contributed by atoms with van der Waals surface area (Å²) in [4.78, 5) is 11.8. The summed E-state index contributed by atoms with van der Waals surface area (Å²) in [5.74, 6) is -0.174. The number of carbonyl (C=O) groups excluding carboxylic acids is 1. The number of amides is 1. The van der Waals surface area contributed by atoms with Crippen LogP contribution in [0.3, 0.4) is 0 Å². The molecule has 134 valence electrons. The van der Waals surface area contributed by atoms with Crippen LogP contribution in [0.25, 0.3) is 0 Å². The van der Waals surface area contributed by atoms with Gasteiger partial charge in [-0.25, -0.2) is 0 Å². The normalized spacial score (nSPS) is 22.4. The van der Waals surface area contributed by atoms with E-state index in [4.69, 9.17) is 25.7 Å². The number of hydrogen-bond donors (Lipinski definition) is 3. The van der Waals surface area contributed by atoms with Crippen molar-refractivity contribution in [2.75, 3.05) is 39.6 Å². The van der Waals surface area contributed by atoms with E-state index < -0.39 is 0 Å². The maximum atomic E-state index is 11.8. The van der Waals surface area contributed by atoms with Crippen molar-refractivity contribution in [3.8, 4) is 0 Å². The molecule has 1 amide bonds. The van der Waals surface area contributed by atoms with Crippen molar-refractivity contribution in [1.82, 2.24) is 5.32 Å². The summed E-state index contributed by atoms with van der Waals surface area (Å²) >= 11 is 0. The van der Waals surface area contributed by atoms with Crippen molar-refractivity contribution in [1.29, 1.82) is 0 Å². The van der Waals surface area contributed by atoms with Crippen molar-refractivity contribution < 1.29 is 19.0 Å². The number of carbonyl (C=O) groups is 1. The van der Waals surface area contributed by atoms with Gasteiger partial charge >= 0.3 is 0 Å². The molecule has 23 heavy (non-hydrogen) atoms. The van der Waals surface area contributed by atoms with Crippen LogP contribution in [0.1, 0.15) is 39.0 Å². The minimum Gasteiger partial charge on any atom is -0.401 e. The molecule has 0 fully saturated rings. The van der Waals surface area contributed by atoms with Gasteiger partial charge in [0, 0.05) is 18.8 Å². The van der Waals surface area contributed by atoms with Crippen LogP contribution in [-0.2, 0) is 19.0 Å². The molecule has 0 spiro atoms. The van der Waals surface area contributed by atoms with Gasteiger partial charge in [0.05, 0.1) is 31.6 Å². The van der Waals surface area contributed by atoms with Gasteiger partial charge in [0.2, 0.25) is 5.91 Å². The standard InChI is InChI=1S/C16H31N3O4/c1-2-21-10-11-22-9-8-19-15(20)12-23-14-7-5-3-4-6-13(17)16(14)18/h14H,2-12,17-18H2,1H3,(H,19,20)/b16-13-. The maximum Gasteiger partial charge on any atom is 0.246 e. The third kappa shape index (κ3) is 8.78. The minimum absolute atomic E-state index is 0.0163. The molecule has 1 atom stereocenters. The summed E-state index contributed by atoms with van der Waals surface area (Å²) in [5.41, 5.74) is 13.2. The van der Waals surface area contributed by atoms with Gasteiger partial charge in [0.1, 0.15) is 6.61 Å². The largest absolute Gasteiger partial charge is 0.401 e. The lowest BCUT2D eigenvalue weighted by Crippen LogP contribution is -2.34. The van der Waals surface area contributed by atoms with E-state index in [0.29, 0.717) is 44.4 Å². The van der Waals surface area contributed by atoms with Crippen LogP contribution in [0.2, 0.25) is 0 Å². The van der Waals surface area contributed by atoms with Gasteiger partial charge < -0.3 is 31.0 Å². The number of rotatable bonds is 10. The second-order valence-corrected chi connectivity index (χ2v) is 5.54. The molecule has 1 aliphatic rings. The molecule has 5 N–H and O–H groups in total. The lowest BCUT2D eigenvalue weighted by atomic mass is 10.00. The molecule has 0 bridgehead atoms. The third-order valence-electron chi connectivity index (χ3n) is 3.69. The Labute approximate surface area is 138 Å². The van der Waals surface area contributed by atoms with Crippen molar-refractivity contribution in [2.45, 2.75) is 45.1 Å². The Kier molecular flexibility index (Phi) is 10.4. The molecule has 0 aromatic carbocycles. The van der Waals surface area contributed by atoms with Crippen LogP contribution in [0.15, 0.2) is 11.4 Å². The summed E-state index contributed by atoms with van der Waals surface area (Å²) < 4.78 is 16.1. The van der Waals surface area contributed by atoms with Crippen LogP contribution in [0.5, 0.6) is 0 Å². The molecule has 0 heterocycles. The fraction of sp³-hybridized carbons (Fsp3) is 0.812. The topological polar surface area (TPSA) is 109 Å². The molecule has 0 aromatic heterocycles. The van der Waals surface area contributed by atoms with Crippen LogP contribution in [-0.4, -0.2) is 51.6 Å². The lowest BCUT2D eigenvalue weighted by molar-refractivity contribution is -0.127. The molecule has 0 saturated carbocycles. The van der Waals surface area contributed by atoms with Crippen molar-refractivity contribution >= 4 is 5.91 Å². The Morgan fingerprint density at radius 1 is 1.17 bits per heavy atom. The summed E-state index contributed by atoms with van der Waals surface area (Å²) in [7, 11) is 0. The Morgan fingerprint density at radius 2 is 1.96 bits per heavy atom. The van der Waals surface area contributed by atoms with Gasteiger partial charge in [-0.1, -0.05) is 12.8 Å². The van der Waals surface area contributed by atoms with Crippen LogP contribution in [0.4, 0.5) is 0 Å². The Balaban J connectivity index is 2.16. The quantitative estimate of drug-likeness (QED) is 0.507. The molecule has 7 nitrogen and oxygen atoms in total. The van der Waals surface area contributed by atoms with Gasteiger partial charge in [0.15, 0.2) is 0 Å². The molecule has 7 heteroatoms. The zero-order chi connectivity index (χ0) is 16.9. The zero-order valence-electron chi connectivity index (χ0n) is 14.1. The second-order valence-electron chi connectivity index (χ2n) is 5.54. The molecule has 0 radical (unpaired) electrons. The second kappa shape index (κ2) is 12.2. The molecule has 1 rings (SSSR count). The lowest BCUT2D eigenvalue weighted by Gasteiger charge is -2.22. The smallest absolute Gasteiger partial charge is 0.246 e. The maximum absolute atomic E-state index is 11.8. The van der Waals surface area contributed by atoms with Crippen LogP contribution < -0.4 is 16.8 Å². The predicted octanol–water partition coefficient (Wildman–Crippen LogP) is 0.634. The number of allylic oxidation sites excluding steroid dienone is 1. The van der Waals surface area contributed by atoms with E-state index in [1.165, 1.54) is 0 Å². The fourth-order valence-electron chi connectivity index (χ4n) is 2.36. The van der Waals surface area contributed by atoms with Crippen molar-refractivity contribution in [3.05, 3.63) is 11.4 Å². The average Bonchev–Trinajstić information content (AvgIpc) is 2.54. The zero-order valence-corrected chi connectivity index (χ0v) is 14.1. The summed E-state index contributed by atoms with van der Waals surface area (Å²) in [6.07, 6.45) is 4.55. The van der Waals surface area contributed by atoms with E-state index >= 15 is 0 Å². The minimum atomic E-state index is -0.261. The number of nitrogens with two attached hydrogens (primary N) is 2. The first kappa shape index (κ1) is 19.7. The highest BCUT2D eigenvalue weighted by Crippen LogP contribution is 2.20. The van der Waals surface area contributed by atoms with E-state index in [1.807, 2.05) is 6.92 Å². The van der Waals surface area contributed by atoms with Gasteiger partial charge in [-0.05, 0) is 26.2 Å². The van der Waals surface area contributed by atoms with Gasteiger partial charge in [0.25, 0.3) is 0 Å². The van der Waals surface area contributed by atoms with Crippen molar-refractivity contribution in [3.63, 3.8) is 0 Å². The first-order valence-electron chi connectivity index (χ1n) is 8.43. The first-order valence-corrected chi connectivity index (χ1v) is 8.43. The highest BCUT2D eigenvalue weighted by molar-refractivity contribution is 5.77. The summed E-state index contributed by atoms with van der Waals surface area (Å²) in [6, 6.07) is 0. The molecule has 0 saturated heterocycles. The van der Waals surface area contributed by atoms with Crippen molar-refractivity contribution in [2.24, 2.45) is 11.5 Å². The fourth-order valence-corrected chi connectivity index (χ4v) is 2.36. The van der Waals surface area contributed by atoms with E-state index in [1.54, 1.807) is 0 Å². The monoisotopic (exact) mass is 329 g/mol. The highest BCUT2D eigenvalue weighted by Gasteiger charge is 2.18. The summed E-state index contributed by atoms with van der Waals surface area (Å²) in [5, 5.41) is 2.75.